The van der Waals surface area contributed by atoms with Crippen LogP contribution in [0, 0.1) is 0 Å². The highest BCUT2D eigenvalue weighted by Crippen LogP contribution is 2.26. The van der Waals surface area contributed by atoms with Crippen LogP contribution in [-0.4, -0.2) is 64.9 Å². The molecule has 0 aromatic carbocycles. The molecule has 1 aromatic heterocycles. The maximum atomic E-state index is 4.28. The number of aliphatic imine (C=N–C) groups is 1. The number of aromatic nitrogens is 3. The maximum Gasteiger partial charge on any atom is 0.191 e. The third-order valence-electron chi connectivity index (χ3n) is 4.26. The molecule has 7 nitrogen and oxygen atoms in total. The second-order valence-electron chi connectivity index (χ2n) is 5.92. The van der Waals surface area contributed by atoms with E-state index < -0.39 is 0 Å². The third-order valence-corrected chi connectivity index (χ3v) is 4.26. The highest BCUT2D eigenvalue weighted by molar-refractivity contribution is 5.79. The summed E-state index contributed by atoms with van der Waals surface area (Å²) in [7, 11) is 4.01. The van der Waals surface area contributed by atoms with Crippen LogP contribution in [0.4, 0.5) is 0 Å². The van der Waals surface area contributed by atoms with E-state index >= 15 is 0 Å². The summed E-state index contributed by atoms with van der Waals surface area (Å²) >= 11 is 0. The van der Waals surface area contributed by atoms with Gasteiger partial charge in [0, 0.05) is 45.2 Å². The van der Waals surface area contributed by atoms with Crippen LogP contribution in [0.15, 0.2) is 11.3 Å². The van der Waals surface area contributed by atoms with Gasteiger partial charge in [-0.15, -0.1) is 10.2 Å². The zero-order valence-corrected chi connectivity index (χ0v) is 14.2. The van der Waals surface area contributed by atoms with Gasteiger partial charge in [0.25, 0.3) is 0 Å². The number of aryl methyl sites for hydroxylation is 1. The molecule has 124 valence electrons. The van der Waals surface area contributed by atoms with Gasteiger partial charge in [-0.05, 0) is 26.8 Å². The number of nitrogens with one attached hydrogen (secondary N) is 2. The van der Waals surface area contributed by atoms with Crippen LogP contribution in [0.3, 0.4) is 0 Å². The normalized spacial score (nSPS) is 16.9. The number of guanidine groups is 1. The first kappa shape index (κ1) is 16.7. The Balaban J connectivity index is 1.68. The van der Waals surface area contributed by atoms with Crippen LogP contribution >= 0.6 is 0 Å². The number of hydrogen-bond acceptors (Lipinski definition) is 4. The Morgan fingerprint density at radius 3 is 2.91 bits per heavy atom. The van der Waals surface area contributed by atoms with E-state index in [9.17, 15) is 0 Å². The molecule has 1 aliphatic carbocycles. The molecule has 0 spiro atoms. The zero-order valence-electron chi connectivity index (χ0n) is 14.2. The van der Waals surface area contributed by atoms with Gasteiger partial charge in [0.1, 0.15) is 12.2 Å². The average Bonchev–Trinajstić information content (AvgIpc) is 3.28. The molecule has 0 saturated heterocycles. The molecule has 7 heteroatoms. The van der Waals surface area contributed by atoms with Crippen molar-refractivity contribution in [1.82, 2.24) is 30.3 Å². The van der Waals surface area contributed by atoms with Gasteiger partial charge < -0.3 is 15.2 Å². The molecule has 2 rings (SSSR count). The van der Waals surface area contributed by atoms with Crippen molar-refractivity contribution in [3.63, 3.8) is 0 Å². The van der Waals surface area contributed by atoms with Crippen LogP contribution in [0.1, 0.15) is 32.5 Å². The van der Waals surface area contributed by atoms with E-state index in [4.69, 9.17) is 0 Å². The largest absolute Gasteiger partial charge is 0.355 e. The van der Waals surface area contributed by atoms with Crippen LogP contribution < -0.4 is 10.6 Å². The maximum absolute atomic E-state index is 4.28. The fourth-order valence-electron chi connectivity index (χ4n) is 2.48. The summed E-state index contributed by atoms with van der Waals surface area (Å²) in [6, 6.07) is 1.29. The highest BCUT2D eigenvalue weighted by Gasteiger charge is 2.28. The van der Waals surface area contributed by atoms with Gasteiger partial charge in [0.05, 0.1) is 0 Å². The average molecular weight is 307 g/mol. The molecule has 0 amide bonds. The molecule has 1 unspecified atom stereocenters. The molecule has 1 aliphatic rings. The van der Waals surface area contributed by atoms with Gasteiger partial charge in [0.15, 0.2) is 5.96 Å². The SMILES string of the molecule is CCc1nncn1CCNC(=NC)NCC(C)N(C)C1CC1. The summed E-state index contributed by atoms with van der Waals surface area (Å²) < 4.78 is 2.07. The molecule has 1 saturated carbocycles. The van der Waals surface area contributed by atoms with Crippen molar-refractivity contribution in [1.29, 1.82) is 0 Å². The minimum Gasteiger partial charge on any atom is -0.355 e. The summed E-state index contributed by atoms with van der Waals surface area (Å²) in [6.45, 7) is 6.89. The second kappa shape index (κ2) is 8.12. The smallest absolute Gasteiger partial charge is 0.191 e. The van der Waals surface area contributed by atoms with Crippen LogP contribution in [-0.2, 0) is 13.0 Å². The standard InChI is InChI=1S/C15H29N7/c1-5-14-20-19-11-22(14)9-8-17-15(16-3)18-10-12(2)21(4)13-6-7-13/h11-13H,5-10H2,1-4H3,(H2,16,17,18). The van der Waals surface area contributed by atoms with E-state index in [2.05, 4.69) is 56.2 Å². The quantitative estimate of drug-likeness (QED) is 0.540. The van der Waals surface area contributed by atoms with Crippen molar-refractivity contribution in [2.75, 3.05) is 27.2 Å². The summed E-state index contributed by atoms with van der Waals surface area (Å²) in [5.74, 6) is 1.87. The molecule has 0 bridgehead atoms. The van der Waals surface area contributed by atoms with E-state index in [1.165, 1.54) is 12.8 Å². The van der Waals surface area contributed by atoms with Crippen LogP contribution in [0.25, 0.3) is 0 Å². The van der Waals surface area contributed by atoms with Gasteiger partial charge in [0.2, 0.25) is 0 Å². The molecule has 2 N–H and O–H groups in total. The molecule has 1 heterocycles. The first-order valence-electron chi connectivity index (χ1n) is 8.18. The first-order valence-corrected chi connectivity index (χ1v) is 8.18. The molecule has 22 heavy (non-hydrogen) atoms. The molecular weight excluding hydrogens is 278 g/mol. The third kappa shape index (κ3) is 4.69. The summed E-state index contributed by atoms with van der Waals surface area (Å²) in [6.07, 6.45) is 5.36. The Kier molecular flexibility index (Phi) is 6.18. The van der Waals surface area contributed by atoms with Crippen molar-refractivity contribution in [3.05, 3.63) is 12.2 Å². The van der Waals surface area contributed by atoms with Gasteiger partial charge >= 0.3 is 0 Å². The fraction of sp³-hybridized carbons (Fsp3) is 0.800. The summed E-state index contributed by atoms with van der Waals surface area (Å²) in [5.41, 5.74) is 0. The minimum absolute atomic E-state index is 0.510. The van der Waals surface area contributed by atoms with Crippen LogP contribution in [0.5, 0.6) is 0 Å². The molecule has 0 radical (unpaired) electrons. The lowest BCUT2D eigenvalue weighted by molar-refractivity contribution is 0.247. The van der Waals surface area contributed by atoms with E-state index in [-0.39, 0.29) is 0 Å². The van der Waals surface area contributed by atoms with Gasteiger partial charge in [-0.2, -0.15) is 0 Å². The molecule has 1 fully saturated rings. The molecule has 0 aliphatic heterocycles. The topological polar surface area (TPSA) is 70.4 Å². The lowest BCUT2D eigenvalue weighted by atomic mass is 10.3. The van der Waals surface area contributed by atoms with Crippen molar-refractivity contribution < 1.29 is 0 Å². The monoisotopic (exact) mass is 307 g/mol. The lowest BCUT2D eigenvalue weighted by Crippen LogP contribution is -2.46. The fourth-order valence-corrected chi connectivity index (χ4v) is 2.48. The van der Waals surface area contributed by atoms with E-state index in [0.717, 1.165) is 43.9 Å². The Morgan fingerprint density at radius 1 is 1.50 bits per heavy atom. The van der Waals surface area contributed by atoms with E-state index in [0.29, 0.717) is 6.04 Å². The zero-order chi connectivity index (χ0) is 15.9. The summed E-state index contributed by atoms with van der Waals surface area (Å²) in [4.78, 5) is 6.73. The molecular formula is C15H29N7. The molecule has 1 aromatic rings. The Hall–Kier alpha value is -1.63. The van der Waals surface area contributed by atoms with E-state index in [1.54, 1.807) is 13.4 Å². The Labute approximate surface area is 133 Å². The lowest BCUT2D eigenvalue weighted by Gasteiger charge is -2.25. The number of rotatable bonds is 8. The van der Waals surface area contributed by atoms with Gasteiger partial charge in [-0.3, -0.25) is 9.89 Å². The second-order valence-corrected chi connectivity index (χ2v) is 5.92. The van der Waals surface area contributed by atoms with Crippen molar-refractivity contribution in [3.8, 4) is 0 Å². The highest BCUT2D eigenvalue weighted by atomic mass is 15.3. The van der Waals surface area contributed by atoms with Gasteiger partial charge in [-0.25, -0.2) is 0 Å². The Bertz CT molecular complexity index is 478. The van der Waals surface area contributed by atoms with Gasteiger partial charge in [-0.1, -0.05) is 6.92 Å². The predicted molar refractivity (Wildman–Crippen MR) is 89.0 cm³/mol. The number of nitrogens with zero attached hydrogens (tertiary/aromatic N) is 5. The minimum atomic E-state index is 0.510. The number of likely N-dealkylation sites (N-methyl/N-ethyl adjacent to an activating group) is 1. The Morgan fingerprint density at radius 2 is 2.27 bits per heavy atom. The molecule has 1 atom stereocenters. The number of hydrogen-bond donors (Lipinski definition) is 2. The van der Waals surface area contributed by atoms with Crippen LogP contribution in [0.2, 0.25) is 0 Å². The van der Waals surface area contributed by atoms with Crippen molar-refractivity contribution >= 4 is 5.96 Å². The van der Waals surface area contributed by atoms with Crippen molar-refractivity contribution in [2.45, 2.75) is 51.7 Å². The van der Waals surface area contributed by atoms with Crippen molar-refractivity contribution in [2.24, 2.45) is 4.99 Å². The first-order chi connectivity index (χ1) is 10.7. The van der Waals surface area contributed by atoms with E-state index in [1.807, 2.05) is 0 Å². The predicted octanol–water partition coefficient (Wildman–Crippen LogP) is 0.488. The summed E-state index contributed by atoms with van der Waals surface area (Å²) in [5, 5.41) is 14.8.